The Hall–Kier alpha value is -9.31. The van der Waals surface area contributed by atoms with Gasteiger partial charge in [0.1, 0.15) is 0 Å². The van der Waals surface area contributed by atoms with Gasteiger partial charge in [-0.25, -0.2) is 14.8 Å². The SMILES string of the molecule is CCCCCCc1ccc(N(c2ccc(CCCCCC)cc2)c2c3nc(c(-c4cc(C(F)(F)F)cc(C(F)(F)F)c4)c4ccc([nH]4)c(C#Cc4ccc(C(=O)O)cc4)c4nc(c(-c5cc(C(F)(F)F)cc(C(F)(F)F)c5)c5ccc2[nH]5)C=C4)C=C3)cc1. The van der Waals surface area contributed by atoms with Crippen molar-refractivity contribution in [3.05, 3.63) is 206 Å². The van der Waals surface area contributed by atoms with Gasteiger partial charge in [0.15, 0.2) is 0 Å². The van der Waals surface area contributed by atoms with Crippen LogP contribution in [0.4, 0.5) is 69.7 Å². The van der Waals surface area contributed by atoms with Gasteiger partial charge >= 0.3 is 30.7 Å². The lowest BCUT2D eigenvalue weighted by Crippen LogP contribution is -2.12. The number of carboxylic acid groups (broad SMARTS) is 1. The van der Waals surface area contributed by atoms with Gasteiger partial charge in [0, 0.05) is 39.1 Å². The molecule has 0 amide bonds. The topological polar surface area (TPSA) is 97.9 Å². The molecule has 0 spiro atoms. The van der Waals surface area contributed by atoms with E-state index in [-0.39, 0.29) is 90.5 Å². The molecule has 452 valence electrons. The van der Waals surface area contributed by atoms with E-state index >= 15 is 0 Å². The van der Waals surface area contributed by atoms with Gasteiger partial charge in [0.2, 0.25) is 0 Å². The smallest absolute Gasteiger partial charge is 0.416 e. The monoisotopic (exact) mass is 1210 g/mol. The third-order valence-electron chi connectivity index (χ3n) is 15.2. The lowest BCUT2D eigenvalue weighted by Gasteiger charge is -2.26. The third-order valence-corrected chi connectivity index (χ3v) is 15.2. The molecule has 88 heavy (non-hydrogen) atoms. The van der Waals surface area contributed by atoms with Crippen LogP contribution < -0.4 is 4.90 Å². The Bertz CT molecular complexity index is 4020. The van der Waals surface area contributed by atoms with Crippen LogP contribution in [0.5, 0.6) is 0 Å². The number of carboxylic acids is 1. The highest BCUT2D eigenvalue weighted by atomic mass is 19.4. The van der Waals surface area contributed by atoms with E-state index in [9.17, 15) is 62.6 Å². The molecule has 0 radical (unpaired) electrons. The number of rotatable bonds is 16. The number of aromatic amines is 2. The summed E-state index contributed by atoms with van der Waals surface area (Å²) in [6.07, 6.45) is -5.82. The Kier molecular flexibility index (Phi) is 17.7. The number of H-pyrrole nitrogens is 2. The number of nitrogens with one attached hydrogen (secondary N) is 2. The van der Waals surface area contributed by atoms with E-state index < -0.39 is 64.1 Å². The second kappa shape index (κ2) is 25.2. The van der Waals surface area contributed by atoms with Crippen LogP contribution in [0.25, 0.3) is 68.6 Å². The molecule has 8 bridgehead atoms. The van der Waals surface area contributed by atoms with Gasteiger partial charge in [-0.1, -0.05) is 88.5 Å². The summed E-state index contributed by atoms with van der Waals surface area (Å²) in [4.78, 5) is 29.8. The predicted molar refractivity (Wildman–Crippen MR) is 319 cm³/mol. The number of benzene rings is 5. The Labute approximate surface area is 498 Å². The summed E-state index contributed by atoms with van der Waals surface area (Å²) in [5, 5.41) is 9.55. The first-order valence-corrected chi connectivity index (χ1v) is 28.5. The molecule has 7 nitrogen and oxygen atoms in total. The number of carbonyl (C=O) groups is 1. The second-order valence-corrected chi connectivity index (χ2v) is 21.5. The molecule has 0 aliphatic carbocycles. The average molecular weight is 1210 g/mol. The van der Waals surface area contributed by atoms with Gasteiger partial charge in [-0.15, -0.1) is 0 Å². The number of aryl methyl sites for hydroxylation is 2. The van der Waals surface area contributed by atoms with Crippen molar-refractivity contribution in [1.29, 1.82) is 0 Å². The number of anilines is 3. The summed E-state index contributed by atoms with van der Waals surface area (Å²) in [5.74, 6) is 4.65. The molecular weight excluding hydrogens is 1160 g/mol. The predicted octanol–water partition coefficient (Wildman–Crippen LogP) is 20.9. The number of aromatic nitrogens is 4. The number of hydrogen-bond acceptors (Lipinski definition) is 4. The van der Waals surface area contributed by atoms with Crippen LogP contribution in [-0.4, -0.2) is 31.0 Å². The largest absolute Gasteiger partial charge is 0.478 e. The minimum Gasteiger partial charge on any atom is -0.478 e. The normalized spacial score (nSPS) is 12.6. The maximum atomic E-state index is 14.8. The molecule has 2 aliphatic heterocycles. The molecule has 0 unspecified atom stereocenters. The van der Waals surface area contributed by atoms with Gasteiger partial charge < -0.3 is 20.0 Å². The fraction of sp³-hybridized carbons (Fsp3) is 0.232. The minimum atomic E-state index is -5.26. The van der Waals surface area contributed by atoms with Crippen LogP contribution in [0.2, 0.25) is 0 Å². The first-order valence-electron chi connectivity index (χ1n) is 28.5. The third kappa shape index (κ3) is 13.9. The number of unbranched alkanes of at least 4 members (excludes halogenated alkanes) is 6. The zero-order valence-corrected chi connectivity index (χ0v) is 47.3. The Morgan fingerprint density at radius 3 is 1.28 bits per heavy atom. The van der Waals surface area contributed by atoms with Crippen molar-refractivity contribution in [1.82, 2.24) is 19.9 Å². The molecule has 2 aliphatic rings. The molecule has 0 atom stereocenters. The van der Waals surface area contributed by atoms with Crippen molar-refractivity contribution < 1.29 is 62.6 Å². The zero-order chi connectivity index (χ0) is 62.7. The van der Waals surface area contributed by atoms with Crippen LogP contribution in [0.1, 0.15) is 143 Å². The maximum absolute atomic E-state index is 14.8. The lowest BCUT2D eigenvalue weighted by atomic mass is 9.98. The summed E-state index contributed by atoms with van der Waals surface area (Å²) < 4.78 is 178. The minimum absolute atomic E-state index is 0.0146. The number of hydrogen-bond donors (Lipinski definition) is 3. The molecule has 3 aromatic heterocycles. The standard InChI is InChI=1S/C69H55F12N5O2/c1-3-5-7-9-11-41-15-22-51(23-16-41)86(52-24-17-42(18-25-52)12-10-8-6-4-2)64-60-33-31-58(84-60)62(45-35-47(66(70,71)72)39-48(36-45)67(73,74)75)56-29-27-54(82-56)53(26-19-43-13-20-44(21-14-43)65(87)88)55-28-30-57(83-55)63(59-32-34-61(64)85-59)46-37-49(68(76,77)78)40-50(38-46)69(79,80)81/h13-18,20-25,27-40,82,85H,3-12H2,1-2H3,(H,87,88). The lowest BCUT2D eigenvalue weighted by molar-refractivity contribution is -0.144. The first kappa shape index (κ1) is 61.8. The molecule has 19 heteroatoms. The van der Waals surface area contributed by atoms with E-state index in [1.54, 1.807) is 6.07 Å². The Morgan fingerprint density at radius 1 is 0.455 bits per heavy atom. The molecule has 0 fully saturated rings. The first-order chi connectivity index (χ1) is 41.9. The van der Waals surface area contributed by atoms with Crippen LogP contribution >= 0.6 is 0 Å². The number of fused-ring (bicyclic) bond motifs is 8. The fourth-order valence-electron chi connectivity index (χ4n) is 10.7. The summed E-state index contributed by atoms with van der Waals surface area (Å²) >= 11 is 0. The molecule has 0 saturated heterocycles. The highest BCUT2D eigenvalue weighted by molar-refractivity contribution is 6.00. The highest BCUT2D eigenvalue weighted by Crippen LogP contribution is 2.46. The van der Waals surface area contributed by atoms with Gasteiger partial charge in [0.25, 0.3) is 0 Å². The Morgan fingerprint density at radius 2 is 0.852 bits per heavy atom. The van der Waals surface area contributed by atoms with E-state index in [2.05, 4.69) is 35.7 Å². The van der Waals surface area contributed by atoms with E-state index in [0.717, 1.165) is 75.3 Å². The summed E-state index contributed by atoms with van der Waals surface area (Å²) in [7, 11) is 0. The molecule has 3 N–H and O–H groups in total. The quantitative estimate of drug-likeness (QED) is 0.0509. The van der Waals surface area contributed by atoms with Gasteiger partial charge in [0.05, 0.1) is 72.9 Å². The van der Waals surface area contributed by atoms with Gasteiger partial charge in [-0.2, -0.15) is 52.7 Å². The van der Waals surface area contributed by atoms with Gasteiger partial charge in [-0.05, 0) is 181 Å². The summed E-state index contributed by atoms with van der Waals surface area (Å²) in [5.41, 5.74) is -4.50. The van der Waals surface area contributed by atoms with Crippen molar-refractivity contribution in [2.75, 3.05) is 4.90 Å². The number of nitrogens with zero attached hydrogens (tertiary/aromatic N) is 3. The number of aromatic carboxylic acids is 1. The summed E-state index contributed by atoms with van der Waals surface area (Å²) in [6, 6.07) is 28.9. The van der Waals surface area contributed by atoms with E-state index in [4.69, 9.17) is 9.97 Å². The number of halogens is 12. The van der Waals surface area contributed by atoms with Crippen molar-refractivity contribution in [2.45, 2.75) is 103 Å². The highest BCUT2D eigenvalue weighted by Gasteiger charge is 2.39. The van der Waals surface area contributed by atoms with Crippen LogP contribution in [0.3, 0.4) is 0 Å². The van der Waals surface area contributed by atoms with Crippen molar-refractivity contribution in [2.24, 2.45) is 0 Å². The zero-order valence-electron chi connectivity index (χ0n) is 47.3. The van der Waals surface area contributed by atoms with Crippen molar-refractivity contribution in [3.63, 3.8) is 0 Å². The average Bonchev–Trinajstić information content (AvgIpc) is 2.33. The molecule has 5 heterocycles. The fourth-order valence-corrected chi connectivity index (χ4v) is 10.7. The second-order valence-electron chi connectivity index (χ2n) is 21.5. The Balaban J connectivity index is 1.36. The molecule has 0 saturated carbocycles. The van der Waals surface area contributed by atoms with Crippen molar-refractivity contribution in [3.8, 4) is 34.1 Å². The number of alkyl halides is 12. The maximum Gasteiger partial charge on any atom is 0.416 e. The van der Waals surface area contributed by atoms with E-state index in [1.807, 2.05) is 53.4 Å². The van der Waals surface area contributed by atoms with E-state index in [1.165, 1.54) is 66.8 Å². The molecular formula is C69H55F12N5O2. The van der Waals surface area contributed by atoms with Crippen LogP contribution in [0, 0.1) is 11.8 Å². The molecule has 8 aromatic rings. The molecule has 10 rings (SSSR count). The van der Waals surface area contributed by atoms with E-state index in [0.29, 0.717) is 35.6 Å². The van der Waals surface area contributed by atoms with Crippen LogP contribution in [0.15, 0.2) is 133 Å². The molecule has 5 aromatic carbocycles. The van der Waals surface area contributed by atoms with Crippen LogP contribution in [-0.2, 0) is 37.5 Å². The summed E-state index contributed by atoms with van der Waals surface area (Å²) in [6.45, 7) is 4.22. The van der Waals surface area contributed by atoms with Crippen molar-refractivity contribution >= 4 is 69.4 Å². The van der Waals surface area contributed by atoms with Gasteiger partial charge in [-0.3, -0.25) is 0 Å².